The highest BCUT2D eigenvalue weighted by Crippen LogP contribution is 2.24. The smallest absolute Gasteiger partial charge is 0.349 e. The maximum absolute atomic E-state index is 10.8. The molecule has 88 valence electrons. The fourth-order valence-corrected chi connectivity index (χ4v) is 2.05. The van der Waals surface area contributed by atoms with Gasteiger partial charge in [0.1, 0.15) is 5.75 Å². The van der Waals surface area contributed by atoms with Crippen LogP contribution in [0, 0.1) is 0 Å². The van der Waals surface area contributed by atoms with Gasteiger partial charge in [-0.2, -0.15) is 0 Å². The zero-order valence-corrected chi connectivity index (χ0v) is 9.81. The van der Waals surface area contributed by atoms with Crippen molar-refractivity contribution in [1.29, 1.82) is 0 Å². The third kappa shape index (κ3) is 3.04. The Hall–Kier alpha value is -1.88. The average molecular weight is 249 g/mol. The van der Waals surface area contributed by atoms with E-state index in [0.29, 0.717) is 18.8 Å². The van der Waals surface area contributed by atoms with Gasteiger partial charge < -0.3 is 9.84 Å². The highest BCUT2D eigenvalue weighted by atomic mass is 32.1. The second-order valence-electron chi connectivity index (χ2n) is 3.34. The van der Waals surface area contributed by atoms with Crippen molar-refractivity contribution in [3.05, 3.63) is 46.4 Å². The van der Waals surface area contributed by atoms with E-state index in [0.717, 1.165) is 17.0 Å². The first-order valence-electron chi connectivity index (χ1n) is 5.11. The van der Waals surface area contributed by atoms with Crippen LogP contribution in [0.2, 0.25) is 0 Å². The molecule has 0 aliphatic carbocycles. The van der Waals surface area contributed by atoms with Gasteiger partial charge in [0.05, 0.1) is 6.61 Å². The molecule has 0 unspecified atom stereocenters. The molecule has 2 rings (SSSR count). The molecular formula is C12H11NO3S. The van der Waals surface area contributed by atoms with E-state index >= 15 is 0 Å². The second-order valence-corrected chi connectivity index (χ2v) is 4.25. The summed E-state index contributed by atoms with van der Waals surface area (Å²) in [6.45, 7) is 0.425. The maximum Gasteiger partial charge on any atom is 0.349 e. The van der Waals surface area contributed by atoms with Crippen molar-refractivity contribution in [2.24, 2.45) is 0 Å². The SMILES string of the molecule is O=C(O)c1sccc1OCCc1ccccn1. The van der Waals surface area contributed by atoms with Crippen molar-refractivity contribution < 1.29 is 14.6 Å². The van der Waals surface area contributed by atoms with Crippen LogP contribution < -0.4 is 4.74 Å². The predicted molar refractivity (Wildman–Crippen MR) is 64.7 cm³/mol. The van der Waals surface area contributed by atoms with E-state index in [1.807, 2.05) is 18.2 Å². The molecule has 0 aliphatic heterocycles. The lowest BCUT2D eigenvalue weighted by molar-refractivity contribution is 0.0698. The van der Waals surface area contributed by atoms with Gasteiger partial charge in [0.2, 0.25) is 0 Å². The van der Waals surface area contributed by atoms with E-state index in [1.165, 1.54) is 0 Å². The fraction of sp³-hybridized carbons (Fsp3) is 0.167. The molecular weight excluding hydrogens is 238 g/mol. The second kappa shape index (κ2) is 5.45. The van der Waals surface area contributed by atoms with E-state index in [9.17, 15) is 4.79 Å². The molecule has 4 nitrogen and oxygen atoms in total. The Labute approximate surface area is 103 Å². The molecule has 0 bridgehead atoms. The van der Waals surface area contributed by atoms with Crippen LogP contribution in [0.5, 0.6) is 5.75 Å². The largest absolute Gasteiger partial charge is 0.491 e. The summed E-state index contributed by atoms with van der Waals surface area (Å²) in [4.78, 5) is 15.2. The number of pyridine rings is 1. The van der Waals surface area contributed by atoms with Crippen molar-refractivity contribution >= 4 is 17.3 Å². The molecule has 1 N–H and O–H groups in total. The van der Waals surface area contributed by atoms with Crippen molar-refractivity contribution in [1.82, 2.24) is 4.98 Å². The molecule has 17 heavy (non-hydrogen) atoms. The van der Waals surface area contributed by atoms with Gasteiger partial charge in [-0.05, 0) is 23.6 Å². The summed E-state index contributed by atoms with van der Waals surface area (Å²) in [7, 11) is 0. The number of thiophene rings is 1. The zero-order chi connectivity index (χ0) is 12.1. The minimum Gasteiger partial charge on any atom is -0.491 e. The number of rotatable bonds is 5. The molecule has 5 heteroatoms. The summed E-state index contributed by atoms with van der Waals surface area (Å²) in [5.74, 6) is -0.522. The van der Waals surface area contributed by atoms with E-state index in [1.54, 1.807) is 17.6 Å². The van der Waals surface area contributed by atoms with E-state index < -0.39 is 5.97 Å². The molecule has 2 aromatic rings. The third-order valence-corrected chi connectivity index (χ3v) is 3.05. The lowest BCUT2D eigenvalue weighted by atomic mass is 10.3. The monoisotopic (exact) mass is 249 g/mol. The van der Waals surface area contributed by atoms with Gasteiger partial charge in [-0.3, -0.25) is 4.98 Å². The topological polar surface area (TPSA) is 59.4 Å². The molecule has 0 aliphatic rings. The molecule has 2 aromatic heterocycles. The van der Waals surface area contributed by atoms with Crippen molar-refractivity contribution in [3.63, 3.8) is 0 Å². The molecule has 0 saturated carbocycles. The Morgan fingerprint density at radius 3 is 3.00 bits per heavy atom. The zero-order valence-electron chi connectivity index (χ0n) is 9.00. The molecule has 0 saturated heterocycles. The first-order valence-corrected chi connectivity index (χ1v) is 5.99. The van der Waals surface area contributed by atoms with E-state index in [-0.39, 0.29) is 4.88 Å². The van der Waals surface area contributed by atoms with Crippen LogP contribution in [0.25, 0.3) is 0 Å². The fourth-order valence-electron chi connectivity index (χ4n) is 1.38. The lowest BCUT2D eigenvalue weighted by Crippen LogP contribution is -2.04. The van der Waals surface area contributed by atoms with Gasteiger partial charge in [0.15, 0.2) is 4.88 Å². The number of carboxylic acid groups (broad SMARTS) is 1. The summed E-state index contributed by atoms with van der Waals surface area (Å²) in [5, 5.41) is 10.6. The summed E-state index contributed by atoms with van der Waals surface area (Å²) in [6, 6.07) is 7.35. The van der Waals surface area contributed by atoms with Gasteiger partial charge in [-0.25, -0.2) is 4.79 Å². The van der Waals surface area contributed by atoms with Crippen LogP contribution in [0.15, 0.2) is 35.8 Å². The molecule has 0 spiro atoms. The Morgan fingerprint density at radius 2 is 2.29 bits per heavy atom. The number of carbonyl (C=O) groups is 1. The number of aromatic nitrogens is 1. The predicted octanol–water partition coefficient (Wildman–Crippen LogP) is 2.46. The minimum atomic E-state index is -0.951. The third-order valence-electron chi connectivity index (χ3n) is 2.17. The summed E-state index contributed by atoms with van der Waals surface area (Å²) in [5.41, 5.74) is 0.930. The number of hydrogen-bond acceptors (Lipinski definition) is 4. The van der Waals surface area contributed by atoms with Crippen molar-refractivity contribution in [3.8, 4) is 5.75 Å². The Morgan fingerprint density at radius 1 is 1.41 bits per heavy atom. The van der Waals surface area contributed by atoms with Crippen LogP contribution >= 0.6 is 11.3 Å². The van der Waals surface area contributed by atoms with Gasteiger partial charge >= 0.3 is 5.97 Å². The van der Waals surface area contributed by atoms with Gasteiger partial charge in [-0.15, -0.1) is 11.3 Å². The normalized spacial score (nSPS) is 10.1. The Kier molecular flexibility index (Phi) is 3.72. The van der Waals surface area contributed by atoms with E-state index in [4.69, 9.17) is 9.84 Å². The maximum atomic E-state index is 10.8. The lowest BCUT2D eigenvalue weighted by Gasteiger charge is -2.04. The molecule has 0 fully saturated rings. The number of hydrogen-bond donors (Lipinski definition) is 1. The van der Waals surface area contributed by atoms with E-state index in [2.05, 4.69) is 4.98 Å². The Balaban J connectivity index is 1.90. The first kappa shape index (κ1) is 11.6. The van der Waals surface area contributed by atoms with Crippen molar-refractivity contribution in [2.45, 2.75) is 6.42 Å². The number of carboxylic acids is 1. The average Bonchev–Trinajstić information content (AvgIpc) is 2.79. The highest BCUT2D eigenvalue weighted by Gasteiger charge is 2.12. The van der Waals surface area contributed by atoms with Gasteiger partial charge in [0, 0.05) is 18.3 Å². The first-order chi connectivity index (χ1) is 8.27. The molecule has 0 amide bonds. The Bertz CT molecular complexity index is 495. The standard InChI is InChI=1S/C12H11NO3S/c14-12(15)11-10(5-8-17-11)16-7-4-9-3-1-2-6-13-9/h1-3,5-6,8H,4,7H2,(H,14,15). The van der Waals surface area contributed by atoms with Crippen LogP contribution in [0.1, 0.15) is 15.4 Å². The highest BCUT2D eigenvalue weighted by molar-refractivity contribution is 7.12. The summed E-state index contributed by atoms with van der Waals surface area (Å²) in [6.07, 6.45) is 2.39. The van der Waals surface area contributed by atoms with Crippen LogP contribution in [0.3, 0.4) is 0 Å². The van der Waals surface area contributed by atoms with Crippen LogP contribution in [0.4, 0.5) is 0 Å². The summed E-state index contributed by atoms with van der Waals surface area (Å²) < 4.78 is 5.43. The number of ether oxygens (including phenoxy) is 1. The number of aromatic carboxylic acids is 1. The van der Waals surface area contributed by atoms with Crippen LogP contribution in [-0.2, 0) is 6.42 Å². The van der Waals surface area contributed by atoms with Gasteiger partial charge in [0.25, 0.3) is 0 Å². The number of nitrogens with zero attached hydrogens (tertiary/aromatic N) is 1. The van der Waals surface area contributed by atoms with Gasteiger partial charge in [-0.1, -0.05) is 6.07 Å². The quantitative estimate of drug-likeness (QED) is 0.884. The molecule has 2 heterocycles. The molecule has 0 aromatic carbocycles. The molecule has 0 atom stereocenters. The summed E-state index contributed by atoms with van der Waals surface area (Å²) >= 11 is 1.16. The van der Waals surface area contributed by atoms with Crippen LogP contribution in [-0.4, -0.2) is 22.7 Å². The minimum absolute atomic E-state index is 0.242. The molecule has 0 radical (unpaired) electrons. The van der Waals surface area contributed by atoms with Crippen molar-refractivity contribution in [2.75, 3.05) is 6.61 Å².